The van der Waals surface area contributed by atoms with Crippen LogP contribution in [0, 0.1) is 0 Å². The summed E-state index contributed by atoms with van der Waals surface area (Å²) in [7, 11) is 0. The third-order valence-electron chi connectivity index (χ3n) is 4.39. The van der Waals surface area contributed by atoms with Gasteiger partial charge in [-0.2, -0.15) is 0 Å². The Morgan fingerprint density at radius 1 is 1.11 bits per heavy atom. The Bertz CT molecular complexity index is 986. The predicted octanol–water partition coefficient (Wildman–Crippen LogP) is 1.48. The highest BCUT2D eigenvalue weighted by atomic mass is 16.5. The molecule has 8 heteroatoms. The van der Waals surface area contributed by atoms with Crippen LogP contribution >= 0.6 is 0 Å². The average Bonchev–Trinajstić information content (AvgIpc) is 3.19. The van der Waals surface area contributed by atoms with Gasteiger partial charge in [0.15, 0.2) is 12.3 Å². The average molecular weight is 377 g/mol. The molecule has 0 unspecified atom stereocenters. The van der Waals surface area contributed by atoms with Gasteiger partial charge in [0.2, 0.25) is 0 Å². The van der Waals surface area contributed by atoms with Gasteiger partial charge < -0.3 is 15.0 Å². The zero-order valence-electron chi connectivity index (χ0n) is 15.1. The van der Waals surface area contributed by atoms with E-state index in [-0.39, 0.29) is 24.1 Å². The van der Waals surface area contributed by atoms with Crippen LogP contribution in [-0.2, 0) is 11.3 Å². The summed E-state index contributed by atoms with van der Waals surface area (Å²) in [5.74, 6) is 0.201. The molecular weight excluding hydrogens is 358 g/mol. The fourth-order valence-corrected chi connectivity index (χ4v) is 3.02. The van der Waals surface area contributed by atoms with E-state index in [4.69, 9.17) is 4.74 Å². The number of carbonyl (C=O) groups is 2. The molecule has 4 rings (SSSR count). The van der Waals surface area contributed by atoms with E-state index in [1.165, 1.54) is 0 Å². The van der Waals surface area contributed by atoms with Crippen molar-refractivity contribution in [3.8, 4) is 5.75 Å². The first kappa shape index (κ1) is 17.7. The van der Waals surface area contributed by atoms with Crippen molar-refractivity contribution in [1.29, 1.82) is 0 Å². The van der Waals surface area contributed by atoms with Gasteiger partial charge in [-0.25, -0.2) is 4.68 Å². The zero-order chi connectivity index (χ0) is 19.3. The maximum Gasteiger partial charge on any atom is 0.273 e. The number of rotatable bonds is 6. The van der Waals surface area contributed by atoms with E-state index in [9.17, 15) is 9.59 Å². The van der Waals surface area contributed by atoms with Crippen LogP contribution in [0.2, 0.25) is 0 Å². The lowest BCUT2D eigenvalue weighted by atomic mass is 10.2. The Morgan fingerprint density at radius 2 is 1.89 bits per heavy atom. The van der Waals surface area contributed by atoms with Gasteiger partial charge in [0.05, 0.1) is 18.4 Å². The maximum atomic E-state index is 12.3. The van der Waals surface area contributed by atoms with Crippen molar-refractivity contribution in [2.45, 2.75) is 6.54 Å². The molecule has 1 aromatic heterocycles. The molecule has 3 aromatic rings. The Hall–Kier alpha value is -3.68. The minimum atomic E-state index is -0.326. The number of carbonyl (C=O) groups excluding carboxylic acids is 2. The van der Waals surface area contributed by atoms with Crippen molar-refractivity contribution in [3.63, 3.8) is 0 Å². The molecule has 1 N–H and O–H groups in total. The first-order valence-corrected chi connectivity index (χ1v) is 8.95. The summed E-state index contributed by atoms with van der Waals surface area (Å²) in [5.41, 5.74) is 2.02. The van der Waals surface area contributed by atoms with Gasteiger partial charge in [-0.1, -0.05) is 47.7 Å². The van der Waals surface area contributed by atoms with Gasteiger partial charge in [0.1, 0.15) is 5.75 Å². The number of hydrogen-bond donors (Lipinski definition) is 1. The van der Waals surface area contributed by atoms with E-state index in [1.54, 1.807) is 15.8 Å². The number of nitrogens with one attached hydrogen (secondary N) is 1. The van der Waals surface area contributed by atoms with Crippen molar-refractivity contribution in [2.24, 2.45) is 0 Å². The van der Waals surface area contributed by atoms with Crippen LogP contribution in [0.3, 0.4) is 0 Å². The Morgan fingerprint density at radius 3 is 2.75 bits per heavy atom. The topological polar surface area (TPSA) is 89.4 Å². The standard InChI is InChI=1S/C20H19N5O3/c26-19-14-28-18-9-5-4-8-17(18)25(19)11-10-21-20(27)16-13-24(23-22-16)12-15-6-2-1-3-7-15/h1-9,13H,10-12,14H2,(H,21,27). The summed E-state index contributed by atoms with van der Waals surface area (Å²) in [6, 6.07) is 17.2. The van der Waals surface area contributed by atoms with Gasteiger partial charge in [-0.05, 0) is 17.7 Å². The van der Waals surface area contributed by atoms with Crippen LogP contribution in [0.25, 0.3) is 0 Å². The minimum Gasteiger partial charge on any atom is -0.482 e. The van der Waals surface area contributed by atoms with Crippen LogP contribution in [-0.4, -0.2) is 46.5 Å². The minimum absolute atomic E-state index is 0.00122. The molecule has 1 aliphatic heterocycles. The smallest absolute Gasteiger partial charge is 0.273 e. The Labute approximate surface area is 161 Å². The number of ether oxygens (including phenoxy) is 1. The fraction of sp³-hybridized carbons (Fsp3) is 0.200. The summed E-state index contributed by atoms with van der Waals surface area (Å²) < 4.78 is 7.03. The molecule has 0 atom stereocenters. The van der Waals surface area contributed by atoms with Crippen LogP contribution in [0.4, 0.5) is 5.69 Å². The van der Waals surface area contributed by atoms with Gasteiger partial charge in [-0.3, -0.25) is 9.59 Å². The molecule has 142 valence electrons. The van der Waals surface area contributed by atoms with Crippen LogP contribution < -0.4 is 15.0 Å². The summed E-state index contributed by atoms with van der Waals surface area (Å²) >= 11 is 0. The zero-order valence-corrected chi connectivity index (χ0v) is 15.1. The van der Waals surface area contributed by atoms with Gasteiger partial charge in [0.25, 0.3) is 11.8 Å². The molecule has 0 saturated carbocycles. The molecule has 0 aliphatic carbocycles. The number of anilines is 1. The second-order valence-electron chi connectivity index (χ2n) is 6.34. The van der Waals surface area contributed by atoms with Crippen molar-refractivity contribution < 1.29 is 14.3 Å². The highest BCUT2D eigenvalue weighted by Crippen LogP contribution is 2.30. The lowest BCUT2D eigenvalue weighted by Crippen LogP contribution is -2.43. The molecule has 2 amide bonds. The number of hydrogen-bond acceptors (Lipinski definition) is 5. The Balaban J connectivity index is 1.33. The SMILES string of the molecule is O=C(NCCN1C(=O)COc2ccccc21)c1cn(Cc2ccccc2)nn1. The largest absolute Gasteiger partial charge is 0.482 e. The Kier molecular flexibility index (Phi) is 5.01. The van der Waals surface area contributed by atoms with E-state index in [0.717, 1.165) is 5.56 Å². The molecule has 2 aromatic carbocycles. The molecule has 2 heterocycles. The number of nitrogens with zero attached hydrogens (tertiary/aromatic N) is 4. The van der Waals surface area contributed by atoms with Gasteiger partial charge >= 0.3 is 0 Å². The summed E-state index contributed by atoms with van der Waals surface area (Å²) in [6.45, 7) is 1.19. The first-order chi connectivity index (χ1) is 13.7. The molecule has 28 heavy (non-hydrogen) atoms. The van der Waals surface area contributed by atoms with E-state index in [1.807, 2.05) is 54.6 Å². The summed E-state index contributed by atoms with van der Waals surface area (Å²) in [4.78, 5) is 26.1. The third-order valence-corrected chi connectivity index (χ3v) is 4.39. The molecule has 0 fully saturated rings. The maximum absolute atomic E-state index is 12.3. The van der Waals surface area contributed by atoms with E-state index >= 15 is 0 Å². The number of fused-ring (bicyclic) bond motifs is 1. The quantitative estimate of drug-likeness (QED) is 0.703. The monoisotopic (exact) mass is 377 g/mol. The summed E-state index contributed by atoms with van der Waals surface area (Å²) in [5, 5.41) is 10.7. The second kappa shape index (κ2) is 7.91. The van der Waals surface area contributed by atoms with E-state index in [0.29, 0.717) is 31.1 Å². The van der Waals surface area contributed by atoms with Crippen molar-refractivity contribution in [2.75, 3.05) is 24.6 Å². The molecule has 0 radical (unpaired) electrons. The highest BCUT2D eigenvalue weighted by Gasteiger charge is 2.24. The van der Waals surface area contributed by atoms with E-state index in [2.05, 4.69) is 15.6 Å². The molecule has 8 nitrogen and oxygen atoms in total. The van der Waals surface area contributed by atoms with Crippen molar-refractivity contribution in [1.82, 2.24) is 20.3 Å². The van der Waals surface area contributed by atoms with Crippen LogP contribution in [0.1, 0.15) is 16.1 Å². The predicted molar refractivity (Wildman–Crippen MR) is 102 cm³/mol. The number of amides is 2. The molecule has 0 spiro atoms. The molecule has 0 saturated heterocycles. The van der Waals surface area contributed by atoms with E-state index < -0.39 is 0 Å². The first-order valence-electron chi connectivity index (χ1n) is 8.95. The number of para-hydroxylation sites is 2. The molecular formula is C20H19N5O3. The van der Waals surface area contributed by atoms with Gasteiger partial charge in [0, 0.05) is 13.1 Å². The fourth-order valence-electron chi connectivity index (χ4n) is 3.02. The number of aromatic nitrogens is 3. The van der Waals surface area contributed by atoms with Gasteiger partial charge in [-0.15, -0.1) is 5.10 Å². The van der Waals surface area contributed by atoms with Crippen molar-refractivity contribution >= 4 is 17.5 Å². The molecule has 0 bridgehead atoms. The highest BCUT2D eigenvalue weighted by molar-refractivity contribution is 5.98. The summed E-state index contributed by atoms with van der Waals surface area (Å²) in [6.07, 6.45) is 1.61. The second-order valence-corrected chi connectivity index (χ2v) is 6.34. The normalized spacial score (nSPS) is 13.0. The number of benzene rings is 2. The lowest BCUT2D eigenvalue weighted by molar-refractivity contribution is -0.121. The lowest BCUT2D eigenvalue weighted by Gasteiger charge is -2.29. The van der Waals surface area contributed by atoms with Crippen LogP contribution in [0.15, 0.2) is 60.8 Å². The molecule has 1 aliphatic rings. The van der Waals surface area contributed by atoms with Crippen molar-refractivity contribution in [3.05, 3.63) is 72.1 Å². The van der Waals surface area contributed by atoms with Crippen LogP contribution in [0.5, 0.6) is 5.75 Å². The third kappa shape index (κ3) is 3.85.